The van der Waals surface area contributed by atoms with Crippen molar-refractivity contribution in [3.8, 4) is 5.75 Å². The summed E-state index contributed by atoms with van der Waals surface area (Å²) in [4.78, 5) is 34.4. The second-order valence-electron chi connectivity index (χ2n) is 8.40. The molecular weight excluding hydrogens is 574 g/mol. The highest BCUT2D eigenvalue weighted by Gasteiger charge is 2.34. The highest BCUT2D eigenvalue weighted by Crippen LogP contribution is 2.32. The van der Waals surface area contributed by atoms with Crippen molar-refractivity contribution in [1.82, 2.24) is 9.47 Å². The lowest BCUT2D eigenvalue weighted by Crippen LogP contribution is -2.43. The Bertz CT molecular complexity index is 1550. The van der Waals surface area contributed by atoms with Gasteiger partial charge in [-0.3, -0.25) is 14.2 Å². The van der Waals surface area contributed by atoms with Crippen molar-refractivity contribution in [2.24, 2.45) is 4.99 Å². The molecule has 4 rings (SSSR count). The van der Waals surface area contributed by atoms with Crippen LogP contribution in [0.25, 0.3) is 6.08 Å². The molecule has 0 unspecified atom stereocenters. The summed E-state index contributed by atoms with van der Waals surface area (Å²) < 4.78 is 8.55. The zero-order valence-electron chi connectivity index (χ0n) is 20.8. The van der Waals surface area contributed by atoms with E-state index in [0.29, 0.717) is 51.1 Å². The smallest absolute Gasteiger partial charge is 0.271 e. The van der Waals surface area contributed by atoms with Crippen LogP contribution in [0.5, 0.6) is 5.75 Å². The molecule has 1 aromatic heterocycles. The van der Waals surface area contributed by atoms with Crippen LogP contribution in [0.15, 0.2) is 80.6 Å². The van der Waals surface area contributed by atoms with Crippen molar-refractivity contribution in [1.29, 1.82) is 0 Å². The minimum absolute atomic E-state index is 0.125. The van der Waals surface area contributed by atoms with Gasteiger partial charge in [0.1, 0.15) is 12.4 Å². The molecule has 0 bridgehead atoms. The van der Waals surface area contributed by atoms with E-state index in [1.165, 1.54) is 11.3 Å². The third-order valence-corrected chi connectivity index (χ3v) is 7.95. The van der Waals surface area contributed by atoms with Crippen LogP contribution >= 0.6 is 38.9 Å². The van der Waals surface area contributed by atoms with E-state index in [4.69, 9.17) is 21.3 Å². The molecule has 1 aliphatic heterocycles. The predicted octanol–water partition coefficient (Wildman–Crippen LogP) is 5.08. The number of carbonyl (C=O) groups is 1. The second kappa shape index (κ2) is 11.6. The Morgan fingerprint density at radius 3 is 2.57 bits per heavy atom. The number of carbonyl (C=O) groups excluding carboxylic acids is 1. The second-order valence-corrected chi connectivity index (χ2v) is 10.7. The average molecular weight is 601 g/mol. The molecule has 3 aromatic rings. The number of halogens is 2. The minimum Gasteiger partial charge on any atom is -0.488 e. The fourth-order valence-corrected chi connectivity index (χ4v) is 5.94. The van der Waals surface area contributed by atoms with Crippen LogP contribution in [0.3, 0.4) is 0 Å². The van der Waals surface area contributed by atoms with Crippen molar-refractivity contribution in [3.63, 3.8) is 0 Å². The summed E-state index contributed by atoms with van der Waals surface area (Å²) in [5, 5.41) is 0.583. The van der Waals surface area contributed by atoms with E-state index in [-0.39, 0.29) is 11.5 Å². The van der Waals surface area contributed by atoms with Gasteiger partial charge in [0.15, 0.2) is 4.80 Å². The first-order chi connectivity index (χ1) is 17.8. The van der Waals surface area contributed by atoms with Crippen LogP contribution in [-0.4, -0.2) is 35.1 Å². The van der Waals surface area contributed by atoms with E-state index in [0.717, 1.165) is 15.6 Å². The zero-order chi connectivity index (χ0) is 26.7. The van der Waals surface area contributed by atoms with Crippen LogP contribution < -0.4 is 19.6 Å². The van der Waals surface area contributed by atoms with Crippen molar-refractivity contribution in [2.45, 2.75) is 26.8 Å². The van der Waals surface area contributed by atoms with Crippen LogP contribution in [0.4, 0.5) is 0 Å². The number of aromatic nitrogens is 1. The lowest BCUT2D eigenvalue weighted by atomic mass is 9.94. The molecule has 0 saturated carbocycles. The zero-order valence-corrected chi connectivity index (χ0v) is 24.0. The van der Waals surface area contributed by atoms with Gasteiger partial charge in [0.25, 0.3) is 11.5 Å². The van der Waals surface area contributed by atoms with E-state index < -0.39 is 6.04 Å². The van der Waals surface area contributed by atoms with Crippen LogP contribution in [0.2, 0.25) is 5.02 Å². The average Bonchev–Trinajstić information content (AvgIpc) is 3.18. The lowest BCUT2D eigenvalue weighted by Gasteiger charge is -2.29. The first kappa shape index (κ1) is 27.1. The Hall–Kier alpha value is -2.94. The third-order valence-electron chi connectivity index (χ3n) is 6.10. The van der Waals surface area contributed by atoms with Gasteiger partial charge in [0.2, 0.25) is 0 Å². The number of thiazole rings is 1. The number of benzene rings is 2. The highest BCUT2D eigenvalue weighted by atomic mass is 79.9. The number of ether oxygens (including phenoxy) is 1. The maximum absolute atomic E-state index is 13.8. The monoisotopic (exact) mass is 599 g/mol. The van der Waals surface area contributed by atoms with Crippen LogP contribution in [0.1, 0.15) is 37.9 Å². The molecule has 0 aliphatic carbocycles. The van der Waals surface area contributed by atoms with Crippen molar-refractivity contribution in [3.05, 3.63) is 107 Å². The molecule has 9 heteroatoms. The summed E-state index contributed by atoms with van der Waals surface area (Å²) in [6.45, 7) is 10.9. The number of rotatable bonds is 8. The van der Waals surface area contributed by atoms with E-state index in [1.54, 1.807) is 27.7 Å². The number of hydrogen-bond donors (Lipinski definition) is 0. The number of amides is 1. The van der Waals surface area contributed by atoms with E-state index in [1.807, 2.05) is 57.2 Å². The summed E-state index contributed by atoms with van der Waals surface area (Å²) in [6.07, 6.45) is 3.51. The molecule has 0 saturated heterocycles. The molecule has 0 N–H and O–H groups in total. The largest absolute Gasteiger partial charge is 0.488 e. The van der Waals surface area contributed by atoms with E-state index in [9.17, 15) is 9.59 Å². The molecule has 0 radical (unpaired) electrons. The van der Waals surface area contributed by atoms with Gasteiger partial charge in [-0.2, -0.15) is 0 Å². The third kappa shape index (κ3) is 5.51. The molecule has 37 heavy (non-hydrogen) atoms. The highest BCUT2D eigenvalue weighted by molar-refractivity contribution is 9.10. The van der Waals surface area contributed by atoms with Crippen molar-refractivity contribution in [2.75, 3.05) is 19.7 Å². The van der Waals surface area contributed by atoms with Crippen LogP contribution in [-0.2, 0) is 4.79 Å². The van der Waals surface area contributed by atoms with Gasteiger partial charge in [0.05, 0.1) is 26.3 Å². The Morgan fingerprint density at radius 2 is 1.95 bits per heavy atom. The molecule has 2 heterocycles. The molecule has 1 atom stereocenters. The van der Waals surface area contributed by atoms with Crippen LogP contribution in [0, 0.1) is 0 Å². The fraction of sp³-hybridized carbons (Fsp3) is 0.250. The Kier molecular flexibility index (Phi) is 8.52. The van der Waals surface area contributed by atoms with Gasteiger partial charge in [-0.25, -0.2) is 4.99 Å². The summed E-state index contributed by atoms with van der Waals surface area (Å²) >= 11 is 11.0. The van der Waals surface area contributed by atoms with Crippen molar-refractivity contribution >= 4 is 50.9 Å². The van der Waals surface area contributed by atoms with Gasteiger partial charge in [-0.15, -0.1) is 0 Å². The number of likely N-dealkylation sites (N-methyl/N-ethyl adjacent to an activating group) is 1. The van der Waals surface area contributed by atoms with E-state index >= 15 is 0 Å². The summed E-state index contributed by atoms with van der Waals surface area (Å²) in [5.74, 6) is 0.566. The molecule has 1 aliphatic rings. The van der Waals surface area contributed by atoms with Gasteiger partial charge in [-0.05, 0) is 78.2 Å². The normalized spacial score (nSPS) is 15.3. The molecule has 1 amide bonds. The topological polar surface area (TPSA) is 63.9 Å². The fourth-order valence-electron chi connectivity index (χ4n) is 4.26. The first-order valence-electron chi connectivity index (χ1n) is 11.9. The molecule has 6 nitrogen and oxygen atoms in total. The van der Waals surface area contributed by atoms with Crippen molar-refractivity contribution < 1.29 is 9.53 Å². The first-order valence-corrected chi connectivity index (χ1v) is 13.9. The van der Waals surface area contributed by atoms with Gasteiger partial charge in [-0.1, -0.05) is 53.8 Å². The quantitative estimate of drug-likeness (QED) is 0.339. The molecule has 2 aromatic carbocycles. The summed E-state index contributed by atoms with van der Waals surface area (Å²) in [5.41, 5.74) is 2.53. The summed E-state index contributed by atoms with van der Waals surface area (Å²) in [6, 6.07) is 12.3. The molecular formula is C28H27BrClN3O3S. The maximum atomic E-state index is 13.8. The SMILES string of the molecule is C=CCOc1ccc(/C=c2/sc3n(c2=O)[C@H](c2ccc(Cl)cc2)C(C(=O)N(CC)CC)=C(C)N=3)cc1Br. The number of fused-ring (bicyclic) bond motifs is 1. The lowest BCUT2D eigenvalue weighted by molar-refractivity contribution is -0.127. The molecule has 0 fully saturated rings. The molecule has 0 spiro atoms. The van der Waals surface area contributed by atoms with Gasteiger partial charge < -0.3 is 9.64 Å². The Labute approximate surface area is 233 Å². The maximum Gasteiger partial charge on any atom is 0.271 e. The van der Waals surface area contributed by atoms with Gasteiger partial charge in [0, 0.05) is 18.1 Å². The number of nitrogens with zero attached hydrogens (tertiary/aromatic N) is 3. The number of hydrogen-bond acceptors (Lipinski definition) is 5. The Morgan fingerprint density at radius 1 is 1.24 bits per heavy atom. The molecule has 192 valence electrons. The summed E-state index contributed by atoms with van der Waals surface area (Å²) in [7, 11) is 0. The number of allylic oxidation sites excluding steroid dienone is 1. The van der Waals surface area contributed by atoms with E-state index in [2.05, 4.69) is 22.5 Å². The minimum atomic E-state index is -0.606. The Balaban J connectivity index is 1.88. The van der Waals surface area contributed by atoms with Gasteiger partial charge >= 0.3 is 0 Å². The predicted molar refractivity (Wildman–Crippen MR) is 153 cm³/mol. The standard InChI is InChI=1S/C28H27BrClN3O3S/c1-5-14-36-22-13-8-18(15-21(22)29)16-23-26(34)33-25(19-9-11-20(30)12-10-19)24(17(4)31-28(33)37-23)27(35)32(6-2)7-3/h5,8-13,15-16,25H,1,6-7,14H2,2-4H3/b23-16+/t25-/m1/s1.